The van der Waals surface area contributed by atoms with Crippen LogP contribution in [0.15, 0.2) is 10.4 Å². The third-order valence-corrected chi connectivity index (χ3v) is 4.84. The van der Waals surface area contributed by atoms with Crippen LogP contribution < -0.4 is 0 Å². The zero-order chi connectivity index (χ0) is 9.84. The summed E-state index contributed by atoms with van der Waals surface area (Å²) in [6.07, 6.45) is 0. The van der Waals surface area contributed by atoms with Crippen molar-refractivity contribution >= 4 is 31.0 Å². The third kappa shape index (κ3) is 2.07. The Balaban J connectivity index is 2.89. The van der Waals surface area contributed by atoms with Crippen LogP contribution in [0.5, 0.6) is 0 Å². The Morgan fingerprint density at radius 3 is 1.77 bits per heavy atom. The number of esters is 2. The monoisotopic (exact) mass is 212 g/mol. The number of carbonyl (C=O) groups excluding carboxylic acids is 2. The number of carbonyl (C=O) groups is 2. The predicted molar refractivity (Wildman–Crippen MR) is 47.4 cm³/mol. The van der Waals surface area contributed by atoms with Crippen molar-refractivity contribution in [3.05, 3.63) is 10.4 Å². The average molecular weight is 212 g/mol. The SMILES string of the molecule is COC(=O)C1=C(C(=O)OC)[Si]C[Si]1. The Morgan fingerprint density at radius 2 is 1.46 bits per heavy atom. The zero-order valence-corrected chi connectivity index (χ0v) is 9.34. The standard InChI is InChI=1S/C7H8O4Si2/c1-10-6(8)4-5(7(9)11-2)13-3-12-4/h3H2,1-2H3. The van der Waals surface area contributed by atoms with E-state index in [1.807, 2.05) is 0 Å². The second kappa shape index (κ2) is 4.38. The number of ether oxygens (including phenoxy) is 2. The Hall–Kier alpha value is -0.886. The summed E-state index contributed by atoms with van der Waals surface area (Å²) in [5.41, 5.74) is 0.870. The Bertz CT molecular complexity index is 246. The molecule has 0 atom stereocenters. The summed E-state index contributed by atoms with van der Waals surface area (Å²) in [6, 6.07) is 0. The molecule has 4 radical (unpaired) electrons. The molecule has 1 heterocycles. The van der Waals surface area contributed by atoms with Crippen LogP contribution in [0, 0.1) is 0 Å². The molecular formula is C7H8O4Si2. The highest BCUT2D eigenvalue weighted by Gasteiger charge is 2.27. The molecular weight excluding hydrogens is 204 g/mol. The van der Waals surface area contributed by atoms with E-state index in [9.17, 15) is 9.59 Å². The van der Waals surface area contributed by atoms with Crippen molar-refractivity contribution in [1.29, 1.82) is 0 Å². The topological polar surface area (TPSA) is 52.6 Å². The van der Waals surface area contributed by atoms with Crippen LogP contribution >= 0.6 is 0 Å². The summed E-state index contributed by atoms with van der Waals surface area (Å²) < 4.78 is 9.13. The molecule has 6 heteroatoms. The number of methoxy groups -OCH3 is 2. The van der Waals surface area contributed by atoms with Gasteiger partial charge in [-0.15, -0.1) is 0 Å². The molecule has 4 nitrogen and oxygen atoms in total. The lowest BCUT2D eigenvalue weighted by Gasteiger charge is -2.02. The summed E-state index contributed by atoms with van der Waals surface area (Å²) in [4.78, 5) is 22.3. The minimum absolute atomic E-state index is 0.380. The molecule has 1 aliphatic heterocycles. The first-order valence-corrected chi connectivity index (χ1v) is 6.00. The van der Waals surface area contributed by atoms with Gasteiger partial charge in [0, 0.05) is 10.4 Å². The van der Waals surface area contributed by atoms with Crippen molar-refractivity contribution in [2.45, 2.75) is 5.67 Å². The molecule has 0 unspecified atom stereocenters. The largest absolute Gasteiger partial charge is 0.466 e. The van der Waals surface area contributed by atoms with Crippen LogP contribution in [0.4, 0.5) is 0 Å². The fourth-order valence-electron chi connectivity index (χ4n) is 0.950. The van der Waals surface area contributed by atoms with Crippen LogP contribution in [0.25, 0.3) is 0 Å². The number of rotatable bonds is 2. The minimum Gasteiger partial charge on any atom is -0.466 e. The first-order chi connectivity index (χ1) is 6.20. The molecule has 0 aliphatic carbocycles. The van der Waals surface area contributed by atoms with Gasteiger partial charge >= 0.3 is 11.9 Å². The molecule has 0 saturated heterocycles. The molecule has 0 amide bonds. The zero-order valence-electron chi connectivity index (χ0n) is 7.34. The lowest BCUT2D eigenvalue weighted by atomic mass is 10.5. The average Bonchev–Trinajstić information content (AvgIpc) is 2.63. The van der Waals surface area contributed by atoms with Crippen LogP contribution in [0.2, 0.25) is 5.67 Å². The molecule has 0 aromatic rings. The summed E-state index contributed by atoms with van der Waals surface area (Å²) in [5, 5.41) is 1.01. The Kier molecular flexibility index (Phi) is 3.43. The number of hydrogen-bond acceptors (Lipinski definition) is 4. The van der Waals surface area contributed by atoms with E-state index >= 15 is 0 Å². The lowest BCUT2D eigenvalue weighted by Crippen LogP contribution is -2.14. The highest BCUT2D eigenvalue weighted by molar-refractivity contribution is 6.78. The van der Waals surface area contributed by atoms with Gasteiger partial charge in [0.15, 0.2) is 0 Å². The van der Waals surface area contributed by atoms with Gasteiger partial charge in [0.25, 0.3) is 0 Å². The van der Waals surface area contributed by atoms with Crippen LogP contribution in [0.3, 0.4) is 0 Å². The van der Waals surface area contributed by atoms with Crippen LogP contribution in [-0.4, -0.2) is 45.2 Å². The highest BCUT2D eigenvalue weighted by Crippen LogP contribution is 2.15. The maximum Gasteiger partial charge on any atom is 0.329 e. The molecule has 0 saturated carbocycles. The van der Waals surface area contributed by atoms with E-state index in [1.165, 1.54) is 14.2 Å². The molecule has 13 heavy (non-hydrogen) atoms. The highest BCUT2D eigenvalue weighted by atomic mass is 28.3. The second-order valence-corrected chi connectivity index (χ2v) is 5.38. The molecule has 0 fully saturated rings. The predicted octanol–water partition coefficient (Wildman–Crippen LogP) is -0.658. The van der Waals surface area contributed by atoms with E-state index in [0.29, 0.717) is 29.4 Å². The van der Waals surface area contributed by atoms with Gasteiger partial charge in [0.05, 0.1) is 33.3 Å². The van der Waals surface area contributed by atoms with Gasteiger partial charge in [0.2, 0.25) is 0 Å². The van der Waals surface area contributed by atoms with Crippen molar-refractivity contribution in [2.75, 3.05) is 14.2 Å². The first-order valence-electron chi connectivity index (χ1n) is 3.59. The molecule has 1 rings (SSSR count). The maximum atomic E-state index is 11.2. The van der Waals surface area contributed by atoms with Gasteiger partial charge in [-0.1, -0.05) is 5.67 Å². The molecule has 68 valence electrons. The van der Waals surface area contributed by atoms with Crippen molar-refractivity contribution < 1.29 is 19.1 Å². The second-order valence-electron chi connectivity index (χ2n) is 2.26. The fraction of sp³-hybridized carbons (Fsp3) is 0.429. The molecule has 0 bridgehead atoms. The maximum absolute atomic E-state index is 11.2. The van der Waals surface area contributed by atoms with Crippen molar-refractivity contribution in [1.82, 2.24) is 0 Å². The van der Waals surface area contributed by atoms with E-state index < -0.39 is 11.9 Å². The third-order valence-electron chi connectivity index (χ3n) is 1.56. The van der Waals surface area contributed by atoms with Gasteiger partial charge in [-0.3, -0.25) is 0 Å². The van der Waals surface area contributed by atoms with E-state index in [-0.39, 0.29) is 0 Å². The van der Waals surface area contributed by atoms with E-state index in [0.717, 1.165) is 5.67 Å². The Morgan fingerprint density at radius 1 is 1.08 bits per heavy atom. The van der Waals surface area contributed by atoms with E-state index in [2.05, 4.69) is 9.47 Å². The fourth-order valence-corrected chi connectivity index (χ4v) is 4.30. The molecule has 1 aliphatic rings. The molecule has 0 spiro atoms. The van der Waals surface area contributed by atoms with E-state index in [1.54, 1.807) is 0 Å². The number of hydrogen-bond donors (Lipinski definition) is 0. The quantitative estimate of drug-likeness (QED) is 0.450. The minimum atomic E-state index is -0.399. The van der Waals surface area contributed by atoms with Gasteiger partial charge < -0.3 is 9.47 Å². The summed E-state index contributed by atoms with van der Waals surface area (Å²) in [7, 11) is 3.39. The molecule has 0 N–H and O–H groups in total. The van der Waals surface area contributed by atoms with Crippen molar-refractivity contribution in [2.24, 2.45) is 0 Å². The van der Waals surface area contributed by atoms with Gasteiger partial charge in [-0.05, 0) is 0 Å². The summed E-state index contributed by atoms with van der Waals surface area (Å²) >= 11 is 0. The van der Waals surface area contributed by atoms with Gasteiger partial charge in [-0.25, -0.2) is 9.59 Å². The first kappa shape index (κ1) is 10.2. The van der Waals surface area contributed by atoms with Gasteiger partial charge in [0.1, 0.15) is 0 Å². The summed E-state index contributed by atoms with van der Waals surface area (Å²) in [5.74, 6) is -0.799. The molecule has 0 aromatic carbocycles. The smallest absolute Gasteiger partial charge is 0.329 e. The lowest BCUT2D eigenvalue weighted by molar-refractivity contribution is -0.138. The Labute approximate surface area is 80.9 Å². The van der Waals surface area contributed by atoms with Crippen molar-refractivity contribution in [3.8, 4) is 0 Å². The summed E-state index contributed by atoms with van der Waals surface area (Å²) in [6.45, 7) is 0. The molecule has 0 aromatic heterocycles. The van der Waals surface area contributed by atoms with Crippen LogP contribution in [-0.2, 0) is 19.1 Å². The van der Waals surface area contributed by atoms with E-state index in [4.69, 9.17) is 0 Å². The van der Waals surface area contributed by atoms with Crippen molar-refractivity contribution in [3.63, 3.8) is 0 Å². The van der Waals surface area contributed by atoms with Crippen LogP contribution in [0.1, 0.15) is 0 Å². The normalized spacial score (nSPS) is 15.8. The van der Waals surface area contributed by atoms with Gasteiger partial charge in [-0.2, -0.15) is 0 Å².